The topological polar surface area (TPSA) is 99.0 Å². The smallest absolute Gasteiger partial charge is 0.387 e. The maximum atomic E-state index is 12.8. The molecule has 0 bridgehead atoms. The van der Waals surface area contributed by atoms with Gasteiger partial charge in [-0.05, 0) is 19.9 Å². The number of halogens is 3. The van der Waals surface area contributed by atoms with Crippen molar-refractivity contribution in [2.75, 3.05) is 7.11 Å². The molecule has 1 atom stereocenters. The number of methoxy groups -OCH3 is 1. The number of carbonyl (C=O) groups is 1. The fourth-order valence-electron chi connectivity index (χ4n) is 2.86. The van der Waals surface area contributed by atoms with Crippen LogP contribution >= 0.6 is 0 Å². The lowest BCUT2D eigenvalue weighted by Gasteiger charge is -2.29. The van der Waals surface area contributed by atoms with Gasteiger partial charge in [-0.3, -0.25) is 0 Å². The van der Waals surface area contributed by atoms with Crippen LogP contribution in [0.4, 0.5) is 14.5 Å². The molecule has 0 amide bonds. The maximum Gasteiger partial charge on any atom is 0.387 e. The minimum Gasteiger partial charge on any atom is -1.00 e. The summed E-state index contributed by atoms with van der Waals surface area (Å²) in [6.07, 6.45) is 0. The number of rotatable bonds is 4. The fraction of sp³-hybridized carbons (Fsp3) is 0.294. The number of benzene rings is 1. The van der Waals surface area contributed by atoms with Gasteiger partial charge >= 0.3 is 12.6 Å². The van der Waals surface area contributed by atoms with E-state index >= 15 is 0 Å². The lowest BCUT2D eigenvalue weighted by molar-refractivity contribution is -0.254. The van der Waals surface area contributed by atoms with Crippen molar-refractivity contribution in [3.05, 3.63) is 46.3 Å². The van der Waals surface area contributed by atoms with Crippen LogP contribution in [0.15, 0.2) is 40.7 Å². The number of alkyl halides is 2. The van der Waals surface area contributed by atoms with Crippen molar-refractivity contribution < 1.29 is 41.2 Å². The molecule has 0 spiro atoms. The van der Waals surface area contributed by atoms with E-state index < -0.39 is 18.5 Å². The first-order valence-corrected chi connectivity index (χ1v) is 7.37. The summed E-state index contributed by atoms with van der Waals surface area (Å²) in [6, 6.07) is 6.43. The number of nitriles is 1. The normalized spacial score (nSPS) is 16.6. The molecule has 1 unspecified atom stereocenters. The third-order valence-corrected chi connectivity index (χ3v) is 3.89. The van der Waals surface area contributed by atoms with Gasteiger partial charge in [0.15, 0.2) is 0 Å². The summed E-state index contributed by atoms with van der Waals surface area (Å²) < 4.78 is 35.0. The third kappa shape index (κ3) is 4.12. The van der Waals surface area contributed by atoms with Crippen LogP contribution in [0.1, 0.15) is 25.3 Å². The third-order valence-electron chi connectivity index (χ3n) is 3.89. The summed E-state index contributed by atoms with van der Waals surface area (Å²) in [6.45, 7) is 0.280. The molecule has 9 heteroatoms. The number of quaternary nitrogens is 1. The fourth-order valence-corrected chi connectivity index (χ4v) is 2.86. The summed E-state index contributed by atoms with van der Waals surface area (Å²) in [5.74, 6) is -1.68. The Labute approximate surface area is 155 Å². The number of hydrogen-bond donors (Lipinski definition) is 2. The molecule has 0 aromatic heterocycles. The molecule has 1 aromatic carbocycles. The van der Waals surface area contributed by atoms with E-state index in [4.69, 9.17) is 4.74 Å². The Morgan fingerprint density at radius 2 is 2.00 bits per heavy atom. The number of hydrogen-bond acceptors (Lipinski definition) is 5. The van der Waals surface area contributed by atoms with Crippen LogP contribution in [0.5, 0.6) is 5.75 Å². The quantitative estimate of drug-likeness (QED) is 0.654. The summed E-state index contributed by atoms with van der Waals surface area (Å²) in [7, 11) is 1.21. The van der Waals surface area contributed by atoms with Crippen molar-refractivity contribution in [1.29, 1.82) is 5.26 Å². The van der Waals surface area contributed by atoms with E-state index in [1.807, 2.05) is 6.07 Å². The maximum absolute atomic E-state index is 12.8. The molecule has 1 aliphatic heterocycles. The van der Waals surface area contributed by atoms with Gasteiger partial charge in [-0.15, -0.1) is 0 Å². The van der Waals surface area contributed by atoms with Gasteiger partial charge in [0.05, 0.1) is 30.2 Å². The van der Waals surface area contributed by atoms with Crippen LogP contribution < -0.4 is 28.2 Å². The summed E-state index contributed by atoms with van der Waals surface area (Å²) >= 11 is 0. The van der Waals surface area contributed by atoms with Gasteiger partial charge in [0.1, 0.15) is 11.4 Å². The minimum absolute atomic E-state index is 0. The molecule has 0 aliphatic carbocycles. The van der Waals surface area contributed by atoms with Crippen molar-refractivity contribution >= 4 is 11.7 Å². The highest BCUT2D eigenvalue weighted by atomic mass is 35.5. The summed E-state index contributed by atoms with van der Waals surface area (Å²) in [4.78, 5) is 12.3. The highest BCUT2D eigenvalue weighted by molar-refractivity contribution is 5.93. The molecule has 140 valence electrons. The number of allylic oxidation sites excluding steroid dienone is 3. The summed E-state index contributed by atoms with van der Waals surface area (Å²) in [5.41, 5.74) is 5.95. The number of carbonyl (C=O) groups excluding carboxylic acids is 1. The van der Waals surface area contributed by atoms with Crippen LogP contribution in [0.25, 0.3) is 0 Å². The van der Waals surface area contributed by atoms with Gasteiger partial charge in [-0.25, -0.2) is 4.79 Å². The SMILES string of the molecule is COC(=O)C1=C(C)NC(C)=C(C#N)C1c1cc([NH3+])ccc1OC(F)F.[Cl-]. The molecule has 4 N–H and O–H groups in total. The van der Waals surface area contributed by atoms with Gasteiger partial charge in [0.25, 0.3) is 0 Å². The van der Waals surface area contributed by atoms with Crippen LogP contribution in [0.2, 0.25) is 0 Å². The molecule has 0 saturated carbocycles. The van der Waals surface area contributed by atoms with Gasteiger partial charge in [0, 0.05) is 29.1 Å². The molecular weight excluding hydrogens is 368 g/mol. The monoisotopic (exact) mass is 385 g/mol. The van der Waals surface area contributed by atoms with Gasteiger partial charge in [0.2, 0.25) is 0 Å². The Kier molecular flexibility index (Phi) is 7.12. The predicted molar refractivity (Wildman–Crippen MR) is 84.5 cm³/mol. The Bertz CT molecular complexity index is 816. The zero-order valence-electron chi connectivity index (χ0n) is 14.4. The van der Waals surface area contributed by atoms with Gasteiger partial charge in [-0.2, -0.15) is 14.0 Å². The number of dihydropyridines is 1. The summed E-state index contributed by atoms with van der Waals surface area (Å²) in [5, 5.41) is 12.5. The van der Waals surface area contributed by atoms with E-state index in [9.17, 15) is 18.8 Å². The second-order valence-electron chi connectivity index (χ2n) is 5.49. The van der Waals surface area contributed by atoms with Crippen molar-refractivity contribution in [1.82, 2.24) is 5.32 Å². The van der Waals surface area contributed by atoms with Crippen molar-refractivity contribution in [3.63, 3.8) is 0 Å². The highest BCUT2D eigenvalue weighted by Crippen LogP contribution is 2.42. The molecule has 0 fully saturated rings. The van der Waals surface area contributed by atoms with E-state index in [0.29, 0.717) is 17.1 Å². The number of ether oxygens (including phenoxy) is 2. The first-order chi connectivity index (χ1) is 11.8. The van der Waals surface area contributed by atoms with E-state index in [1.165, 1.54) is 25.3 Å². The van der Waals surface area contributed by atoms with Crippen LogP contribution in [-0.2, 0) is 9.53 Å². The average Bonchev–Trinajstić information content (AvgIpc) is 2.54. The standard InChI is InChI=1S/C17H17F2N3O3.ClH/c1-8-12(7-20)15(14(9(2)22-8)16(23)24-3)11-6-10(21)4-5-13(11)25-17(18)19;/h4-6,15,17,22H,21H2,1-3H3;1H. The molecule has 0 radical (unpaired) electrons. The Morgan fingerprint density at radius 1 is 1.35 bits per heavy atom. The number of nitrogens with one attached hydrogen (secondary N) is 1. The van der Waals surface area contributed by atoms with Gasteiger partial charge in [-0.1, -0.05) is 0 Å². The Hall–Kier alpha value is -2.63. The molecule has 0 saturated heterocycles. The van der Waals surface area contributed by atoms with E-state index in [-0.39, 0.29) is 34.9 Å². The zero-order chi connectivity index (χ0) is 18.7. The van der Waals surface area contributed by atoms with E-state index in [2.05, 4.69) is 15.8 Å². The molecule has 26 heavy (non-hydrogen) atoms. The first kappa shape index (κ1) is 21.4. The molecular formula is C17H18ClF2N3O3. The average molecular weight is 386 g/mol. The second kappa shape index (κ2) is 8.65. The lowest BCUT2D eigenvalue weighted by atomic mass is 9.80. The van der Waals surface area contributed by atoms with E-state index in [1.54, 1.807) is 13.8 Å². The molecule has 1 heterocycles. The molecule has 1 aliphatic rings. The molecule has 6 nitrogen and oxygen atoms in total. The van der Waals surface area contributed by atoms with Gasteiger partial charge < -0.3 is 32.9 Å². The molecule has 1 aromatic rings. The Morgan fingerprint density at radius 3 is 2.54 bits per heavy atom. The zero-order valence-corrected chi connectivity index (χ0v) is 15.2. The van der Waals surface area contributed by atoms with E-state index in [0.717, 1.165) is 0 Å². The van der Waals surface area contributed by atoms with Crippen LogP contribution in [-0.4, -0.2) is 19.7 Å². The largest absolute Gasteiger partial charge is 1.00 e. The van der Waals surface area contributed by atoms with Crippen molar-refractivity contribution in [3.8, 4) is 11.8 Å². The first-order valence-electron chi connectivity index (χ1n) is 7.37. The van der Waals surface area contributed by atoms with Crippen molar-refractivity contribution in [2.24, 2.45) is 0 Å². The lowest BCUT2D eigenvalue weighted by Crippen LogP contribution is -3.00. The molecule has 2 rings (SSSR count). The Balaban J connectivity index is 0.00000338. The van der Waals surface area contributed by atoms with Crippen LogP contribution in [0.3, 0.4) is 0 Å². The minimum atomic E-state index is -3.04. The van der Waals surface area contributed by atoms with Crippen molar-refractivity contribution in [2.45, 2.75) is 26.4 Å². The number of esters is 1. The van der Waals surface area contributed by atoms with Crippen LogP contribution in [0, 0.1) is 11.3 Å². The predicted octanol–water partition coefficient (Wildman–Crippen LogP) is -0.903. The number of nitrogens with zero attached hydrogens (tertiary/aromatic N) is 1. The second-order valence-corrected chi connectivity index (χ2v) is 5.49. The highest BCUT2D eigenvalue weighted by Gasteiger charge is 2.36.